The Morgan fingerprint density at radius 1 is 1.15 bits per heavy atom. The molecule has 0 spiro atoms. The molecule has 1 N–H and O–H groups in total. The first kappa shape index (κ1) is 28.6. The predicted molar refractivity (Wildman–Crippen MR) is 156 cm³/mol. The Morgan fingerprint density at radius 2 is 1.93 bits per heavy atom. The number of likely N-dealkylation sites (N-methyl/N-ethyl adjacent to an activating group) is 1. The molecule has 2 fully saturated rings. The van der Waals surface area contributed by atoms with E-state index in [0.717, 1.165) is 23.5 Å². The fourth-order valence-corrected chi connectivity index (χ4v) is 8.59. The first-order valence-corrected chi connectivity index (χ1v) is 16.4. The Morgan fingerprint density at radius 3 is 2.71 bits per heavy atom. The van der Waals surface area contributed by atoms with Gasteiger partial charge in [0.1, 0.15) is 5.03 Å². The molecule has 1 aromatic carbocycles. The summed E-state index contributed by atoms with van der Waals surface area (Å²) in [5, 5.41) is 1.65. The van der Waals surface area contributed by atoms with Gasteiger partial charge >= 0.3 is 0 Å². The zero-order valence-electron chi connectivity index (χ0n) is 23.0. The van der Waals surface area contributed by atoms with Crippen molar-refractivity contribution < 1.29 is 22.7 Å². The number of ether oxygens (including phenoxy) is 1. The molecule has 220 valence electrons. The van der Waals surface area contributed by atoms with Crippen molar-refractivity contribution in [2.24, 2.45) is 0 Å². The fourth-order valence-electron chi connectivity index (χ4n) is 5.74. The lowest BCUT2D eigenvalue weighted by Crippen LogP contribution is -2.58. The summed E-state index contributed by atoms with van der Waals surface area (Å²) in [6.45, 7) is 5.12. The topological polar surface area (TPSA) is 119 Å². The molecule has 5 heterocycles. The van der Waals surface area contributed by atoms with Gasteiger partial charge in [-0.3, -0.25) is 14.5 Å². The number of piperazine rings is 1. The minimum Gasteiger partial charge on any atom is -0.378 e. The number of hydrogen-bond acceptors (Lipinski definition) is 8. The number of carbonyl (C=O) groups is 2. The number of amides is 2. The summed E-state index contributed by atoms with van der Waals surface area (Å²) in [5.74, 6) is -0.374. The number of sulfonamides is 1. The number of benzene rings is 1. The zero-order valence-corrected chi connectivity index (χ0v) is 25.4. The average molecular weight is 621 g/mol. The third kappa shape index (κ3) is 5.51. The summed E-state index contributed by atoms with van der Waals surface area (Å²) < 4.78 is 34.3. The number of hydrogen-bond donors (Lipinski definition) is 1. The molecule has 2 aromatic heterocycles. The predicted octanol–water partition coefficient (Wildman–Crippen LogP) is 2.59. The van der Waals surface area contributed by atoms with Crippen molar-refractivity contribution in [3.63, 3.8) is 0 Å². The molecule has 41 heavy (non-hydrogen) atoms. The minimum atomic E-state index is -3.93. The lowest BCUT2D eigenvalue weighted by Gasteiger charge is -2.41. The van der Waals surface area contributed by atoms with Crippen LogP contribution in [-0.2, 0) is 26.0 Å². The molecule has 0 saturated carbocycles. The third-order valence-corrected chi connectivity index (χ3v) is 11.6. The van der Waals surface area contributed by atoms with Crippen LogP contribution in [0.25, 0.3) is 10.9 Å². The molecule has 2 unspecified atom stereocenters. The van der Waals surface area contributed by atoms with E-state index < -0.39 is 16.1 Å². The van der Waals surface area contributed by atoms with E-state index in [4.69, 9.17) is 21.3 Å². The normalized spacial score (nSPS) is 22.7. The van der Waals surface area contributed by atoms with Crippen LogP contribution in [0.3, 0.4) is 0 Å². The number of nitrogens with zero attached hydrogens (tertiary/aromatic N) is 5. The quantitative estimate of drug-likeness (QED) is 0.466. The molecule has 2 amide bonds. The lowest BCUT2D eigenvalue weighted by molar-refractivity contribution is -0.136. The van der Waals surface area contributed by atoms with Crippen LogP contribution in [0, 0.1) is 0 Å². The molecule has 2 saturated heterocycles. The van der Waals surface area contributed by atoms with Gasteiger partial charge in [0.05, 0.1) is 24.9 Å². The Bertz CT molecular complexity index is 1580. The lowest BCUT2D eigenvalue weighted by atomic mass is 10.1. The number of morpholine rings is 1. The summed E-state index contributed by atoms with van der Waals surface area (Å²) in [6, 6.07) is 6.25. The molecule has 3 aliphatic rings. The van der Waals surface area contributed by atoms with Crippen molar-refractivity contribution in [3.05, 3.63) is 44.9 Å². The van der Waals surface area contributed by atoms with Crippen LogP contribution in [0.5, 0.6) is 0 Å². The van der Waals surface area contributed by atoms with Crippen LogP contribution in [-0.4, -0.2) is 115 Å². The van der Waals surface area contributed by atoms with E-state index in [9.17, 15) is 18.0 Å². The van der Waals surface area contributed by atoms with Crippen molar-refractivity contribution in [3.8, 4) is 0 Å². The van der Waals surface area contributed by atoms with Crippen molar-refractivity contribution in [1.82, 2.24) is 29.0 Å². The third-order valence-electron chi connectivity index (χ3n) is 8.31. The molecule has 0 bridgehead atoms. The smallest absolute Gasteiger partial charge is 0.283 e. The number of thiazole rings is 1. The number of halogens is 1. The highest BCUT2D eigenvalue weighted by Gasteiger charge is 2.40. The van der Waals surface area contributed by atoms with Gasteiger partial charge in [0.2, 0.25) is 5.91 Å². The van der Waals surface area contributed by atoms with Gasteiger partial charge < -0.3 is 19.5 Å². The summed E-state index contributed by atoms with van der Waals surface area (Å²) in [5.41, 5.74) is 1.61. The van der Waals surface area contributed by atoms with E-state index in [-0.39, 0.29) is 48.9 Å². The number of aromatic amines is 1. The van der Waals surface area contributed by atoms with Gasteiger partial charge in [-0.1, -0.05) is 11.6 Å². The molecule has 2 atom stereocenters. The van der Waals surface area contributed by atoms with E-state index in [1.54, 1.807) is 34.1 Å². The SMILES string of the molecule is CC1c2sc(C(=O)N3CCN(S(=O)(=O)c4cc5cc(Cl)ccc5[nH]4)CC3CC(=O)N3CCOCC3)nc2CCN1C. The highest BCUT2D eigenvalue weighted by atomic mass is 35.5. The summed E-state index contributed by atoms with van der Waals surface area (Å²) in [7, 11) is -1.87. The van der Waals surface area contributed by atoms with Crippen molar-refractivity contribution in [2.75, 3.05) is 59.5 Å². The van der Waals surface area contributed by atoms with Crippen molar-refractivity contribution in [2.45, 2.75) is 36.9 Å². The molecular formula is C27H33ClN6O5S2. The van der Waals surface area contributed by atoms with Crippen LogP contribution in [0.2, 0.25) is 5.02 Å². The van der Waals surface area contributed by atoms with E-state index >= 15 is 0 Å². The van der Waals surface area contributed by atoms with Gasteiger partial charge in [0.15, 0.2) is 5.01 Å². The molecule has 3 aromatic rings. The summed E-state index contributed by atoms with van der Waals surface area (Å²) in [4.78, 5) is 41.6. The van der Waals surface area contributed by atoms with Crippen LogP contribution in [0.15, 0.2) is 29.3 Å². The second kappa shape index (κ2) is 11.3. The monoisotopic (exact) mass is 620 g/mol. The number of rotatable bonds is 5. The van der Waals surface area contributed by atoms with Crippen LogP contribution < -0.4 is 0 Å². The Balaban J connectivity index is 1.27. The maximum absolute atomic E-state index is 13.9. The van der Waals surface area contributed by atoms with Gasteiger partial charge in [-0.25, -0.2) is 13.4 Å². The van der Waals surface area contributed by atoms with Crippen LogP contribution in [0.4, 0.5) is 0 Å². The largest absolute Gasteiger partial charge is 0.378 e. The number of H-pyrrole nitrogens is 1. The molecule has 14 heteroatoms. The second-order valence-electron chi connectivity index (χ2n) is 10.8. The molecule has 3 aliphatic heterocycles. The standard InChI is InChI=1S/C27H33ClN6O5S2/c1-17-25-22(5-6-31(17)2)30-26(40-25)27(36)34-8-7-33(16-20(34)15-24(35)32-9-11-39-12-10-32)41(37,38)23-14-18-13-19(28)3-4-21(18)29-23/h3-4,13-14,17,20,29H,5-12,15-16H2,1-2H3. The maximum Gasteiger partial charge on any atom is 0.283 e. The highest BCUT2D eigenvalue weighted by Crippen LogP contribution is 2.34. The van der Waals surface area contributed by atoms with Gasteiger partial charge in [-0.2, -0.15) is 4.31 Å². The van der Waals surface area contributed by atoms with E-state index in [2.05, 4.69) is 23.9 Å². The van der Waals surface area contributed by atoms with E-state index in [0.29, 0.717) is 47.2 Å². The van der Waals surface area contributed by atoms with Gasteiger partial charge in [-0.15, -0.1) is 11.3 Å². The number of carbonyl (C=O) groups excluding carboxylic acids is 2. The van der Waals surface area contributed by atoms with Gasteiger partial charge in [0, 0.05) is 79.0 Å². The molecule has 0 radical (unpaired) electrons. The van der Waals surface area contributed by atoms with E-state index in [1.165, 1.54) is 15.6 Å². The molecule has 11 nitrogen and oxygen atoms in total. The molecule has 0 aliphatic carbocycles. The molecular weight excluding hydrogens is 588 g/mol. The second-order valence-corrected chi connectivity index (χ2v) is 14.2. The average Bonchev–Trinajstić information content (AvgIpc) is 3.60. The van der Waals surface area contributed by atoms with Crippen molar-refractivity contribution in [1.29, 1.82) is 0 Å². The minimum absolute atomic E-state index is 0.00447. The summed E-state index contributed by atoms with van der Waals surface area (Å²) >= 11 is 7.51. The number of aromatic nitrogens is 2. The maximum atomic E-state index is 13.9. The first-order chi connectivity index (χ1) is 19.6. The van der Waals surface area contributed by atoms with Crippen LogP contribution in [0.1, 0.15) is 39.8 Å². The summed E-state index contributed by atoms with van der Waals surface area (Å²) in [6.07, 6.45) is 0.797. The zero-order chi connectivity index (χ0) is 28.9. The highest BCUT2D eigenvalue weighted by molar-refractivity contribution is 7.89. The Kier molecular flexibility index (Phi) is 7.85. The van der Waals surface area contributed by atoms with Crippen LogP contribution >= 0.6 is 22.9 Å². The van der Waals surface area contributed by atoms with Crippen molar-refractivity contribution >= 4 is 55.7 Å². The Hall–Kier alpha value is -2.55. The fraction of sp³-hybridized carbons (Fsp3) is 0.519. The molecule has 6 rings (SSSR count). The van der Waals surface area contributed by atoms with Gasteiger partial charge in [-0.05, 0) is 38.2 Å². The number of nitrogens with one attached hydrogen (secondary N) is 1. The first-order valence-electron chi connectivity index (χ1n) is 13.8. The van der Waals surface area contributed by atoms with Gasteiger partial charge in [0.25, 0.3) is 15.9 Å². The number of fused-ring (bicyclic) bond motifs is 2. The Labute approximate surface area is 248 Å². The van der Waals surface area contributed by atoms with E-state index in [1.807, 2.05) is 0 Å².